The molecule has 0 radical (unpaired) electrons. The molecule has 3 rings (SSSR count). The van der Waals surface area contributed by atoms with E-state index in [9.17, 15) is 0 Å². The van der Waals surface area contributed by atoms with E-state index in [1.165, 1.54) is 0 Å². The third-order valence-corrected chi connectivity index (χ3v) is 3.47. The molecule has 4 heteroatoms. The lowest BCUT2D eigenvalue weighted by Crippen LogP contribution is -2.22. The molecule has 0 atom stereocenters. The summed E-state index contributed by atoms with van der Waals surface area (Å²) in [5.74, 6) is 0.490. The molecule has 0 fully saturated rings. The van der Waals surface area contributed by atoms with Crippen LogP contribution in [0.3, 0.4) is 0 Å². The van der Waals surface area contributed by atoms with Crippen molar-refractivity contribution in [1.82, 2.24) is 0 Å². The number of halogens is 2. The first-order chi connectivity index (χ1) is 8.65. The van der Waals surface area contributed by atoms with Gasteiger partial charge in [0.1, 0.15) is 5.84 Å². The molecule has 1 aliphatic heterocycles. The Hall–Kier alpha value is -1.51. The predicted molar refractivity (Wildman–Crippen MR) is 75.9 cm³/mol. The van der Waals surface area contributed by atoms with Gasteiger partial charge in [-0.3, -0.25) is 5.41 Å². The number of amidine groups is 1. The fourth-order valence-electron chi connectivity index (χ4n) is 2.20. The van der Waals surface area contributed by atoms with Crippen molar-refractivity contribution in [2.45, 2.75) is 6.54 Å². The van der Waals surface area contributed by atoms with Crippen molar-refractivity contribution >= 4 is 34.7 Å². The number of fused-ring (bicyclic) bond motifs is 1. The number of nitrogens with one attached hydrogen (secondary N) is 1. The molecular weight excluding hydrogens is 267 g/mol. The van der Waals surface area contributed by atoms with Crippen LogP contribution < -0.4 is 4.90 Å². The SMILES string of the molecule is N=C1c2ccccc2CN1c1cc(Cl)cc(Cl)c1. The molecule has 0 aliphatic carbocycles. The van der Waals surface area contributed by atoms with Gasteiger partial charge >= 0.3 is 0 Å². The van der Waals surface area contributed by atoms with Gasteiger partial charge in [0.25, 0.3) is 0 Å². The summed E-state index contributed by atoms with van der Waals surface area (Å²) < 4.78 is 0. The zero-order chi connectivity index (χ0) is 12.7. The highest BCUT2D eigenvalue weighted by molar-refractivity contribution is 6.35. The minimum Gasteiger partial charge on any atom is -0.322 e. The number of hydrogen-bond donors (Lipinski definition) is 1. The van der Waals surface area contributed by atoms with E-state index in [1.807, 2.05) is 41.3 Å². The Morgan fingerprint density at radius 3 is 2.33 bits per heavy atom. The van der Waals surface area contributed by atoms with Crippen LogP contribution in [0.4, 0.5) is 5.69 Å². The van der Waals surface area contributed by atoms with Crippen LogP contribution in [-0.4, -0.2) is 5.84 Å². The second-order valence-corrected chi connectivity index (χ2v) is 5.09. The number of nitrogens with zero attached hydrogens (tertiary/aromatic N) is 1. The standard InChI is InChI=1S/C14H10Cl2N2/c15-10-5-11(16)7-12(6-10)18-8-9-3-1-2-4-13(9)14(18)17/h1-7,17H,8H2. The zero-order valence-electron chi connectivity index (χ0n) is 9.45. The van der Waals surface area contributed by atoms with Gasteiger partial charge in [0.2, 0.25) is 0 Å². The highest BCUT2D eigenvalue weighted by atomic mass is 35.5. The average Bonchev–Trinajstić information content (AvgIpc) is 2.66. The maximum absolute atomic E-state index is 8.21. The van der Waals surface area contributed by atoms with Crippen LogP contribution in [0.2, 0.25) is 10.0 Å². The monoisotopic (exact) mass is 276 g/mol. The van der Waals surface area contributed by atoms with Crippen LogP contribution in [0, 0.1) is 5.41 Å². The lowest BCUT2D eigenvalue weighted by atomic mass is 10.1. The van der Waals surface area contributed by atoms with Gasteiger partial charge < -0.3 is 4.90 Å². The summed E-state index contributed by atoms with van der Waals surface area (Å²) in [6, 6.07) is 13.3. The van der Waals surface area contributed by atoms with Gasteiger partial charge in [-0.2, -0.15) is 0 Å². The van der Waals surface area contributed by atoms with E-state index in [2.05, 4.69) is 0 Å². The predicted octanol–water partition coefficient (Wildman–Crippen LogP) is 4.34. The van der Waals surface area contributed by atoms with E-state index in [1.54, 1.807) is 6.07 Å². The second kappa shape index (κ2) is 4.30. The molecule has 0 unspecified atom stereocenters. The Labute approximate surface area is 115 Å². The van der Waals surface area contributed by atoms with Crippen molar-refractivity contribution in [1.29, 1.82) is 5.41 Å². The minimum absolute atomic E-state index is 0.490. The number of benzene rings is 2. The van der Waals surface area contributed by atoms with Crippen molar-refractivity contribution < 1.29 is 0 Å². The number of rotatable bonds is 1. The third kappa shape index (κ3) is 1.88. The first-order valence-electron chi connectivity index (χ1n) is 5.55. The number of hydrogen-bond acceptors (Lipinski definition) is 1. The summed E-state index contributed by atoms with van der Waals surface area (Å²) >= 11 is 12.0. The van der Waals surface area contributed by atoms with Crippen molar-refractivity contribution in [3.05, 3.63) is 63.6 Å². The Kier molecular flexibility index (Phi) is 2.77. The highest BCUT2D eigenvalue weighted by Crippen LogP contribution is 2.31. The smallest absolute Gasteiger partial charge is 0.133 e. The summed E-state index contributed by atoms with van der Waals surface area (Å²) in [6.45, 7) is 0.686. The van der Waals surface area contributed by atoms with Gasteiger partial charge in [-0.05, 0) is 23.8 Å². The minimum atomic E-state index is 0.490. The van der Waals surface area contributed by atoms with E-state index in [0.29, 0.717) is 22.4 Å². The third-order valence-electron chi connectivity index (χ3n) is 3.03. The van der Waals surface area contributed by atoms with Crippen LogP contribution in [-0.2, 0) is 6.54 Å². The Morgan fingerprint density at radius 1 is 1.00 bits per heavy atom. The molecule has 90 valence electrons. The maximum Gasteiger partial charge on any atom is 0.133 e. The van der Waals surface area contributed by atoms with Gasteiger partial charge in [0, 0.05) is 21.3 Å². The van der Waals surface area contributed by atoms with Crippen LogP contribution in [0.25, 0.3) is 0 Å². The van der Waals surface area contributed by atoms with Crippen LogP contribution in [0.15, 0.2) is 42.5 Å². The van der Waals surface area contributed by atoms with Crippen molar-refractivity contribution in [3.8, 4) is 0 Å². The quantitative estimate of drug-likeness (QED) is 0.824. The van der Waals surface area contributed by atoms with Gasteiger partial charge in [-0.1, -0.05) is 47.5 Å². The molecule has 18 heavy (non-hydrogen) atoms. The lowest BCUT2D eigenvalue weighted by molar-refractivity contribution is 1.05. The van der Waals surface area contributed by atoms with Crippen molar-refractivity contribution in [3.63, 3.8) is 0 Å². The molecular formula is C14H10Cl2N2. The largest absolute Gasteiger partial charge is 0.322 e. The van der Waals surface area contributed by atoms with E-state index >= 15 is 0 Å². The summed E-state index contributed by atoms with van der Waals surface area (Å²) in [7, 11) is 0. The second-order valence-electron chi connectivity index (χ2n) is 4.22. The zero-order valence-corrected chi connectivity index (χ0v) is 11.0. The molecule has 1 heterocycles. The van der Waals surface area contributed by atoms with Gasteiger partial charge in [0.15, 0.2) is 0 Å². The van der Waals surface area contributed by atoms with Crippen LogP contribution >= 0.6 is 23.2 Å². The molecule has 2 aromatic rings. The van der Waals surface area contributed by atoms with Gasteiger partial charge in [0.05, 0.1) is 6.54 Å². The summed E-state index contributed by atoms with van der Waals surface area (Å²) in [4.78, 5) is 1.91. The van der Waals surface area contributed by atoms with E-state index < -0.39 is 0 Å². The Morgan fingerprint density at radius 2 is 1.67 bits per heavy atom. The molecule has 0 bridgehead atoms. The summed E-state index contributed by atoms with van der Waals surface area (Å²) in [5.41, 5.74) is 2.97. The van der Waals surface area contributed by atoms with E-state index in [0.717, 1.165) is 16.8 Å². The first-order valence-corrected chi connectivity index (χ1v) is 6.31. The maximum atomic E-state index is 8.21. The first kappa shape index (κ1) is 11.6. The fraction of sp³-hybridized carbons (Fsp3) is 0.0714. The summed E-state index contributed by atoms with van der Waals surface area (Å²) in [5, 5.41) is 9.37. The molecule has 2 nitrogen and oxygen atoms in total. The van der Waals surface area contributed by atoms with Gasteiger partial charge in [-0.25, -0.2) is 0 Å². The van der Waals surface area contributed by atoms with Crippen molar-refractivity contribution in [2.24, 2.45) is 0 Å². The molecule has 1 N–H and O–H groups in total. The Balaban J connectivity index is 2.04. The average molecular weight is 277 g/mol. The van der Waals surface area contributed by atoms with Crippen LogP contribution in [0.1, 0.15) is 11.1 Å². The molecule has 0 amide bonds. The van der Waals surface area contributed by atoms with E-state index in [4.69, 9.17) is 28.6 Å². The van der Waals surface area contributed by atoms with Gasteiger partial charge in [-0.15, -0.1) is 0 Å². The normalized spacial score (nSPS) is 13.9. The van der Waals surface area contributed by atoms with Crippen molar-refractivity contribution in [2.75, 3.05) is 4.90 Å². The molecule has 0 aromatic heterocycles. The Bertz CT molecular complexity index is 617. The number of anilines is 1. The molecule has 0 saturated carbocycles. The fourth-order valence-corrected chi connectivity index (χ4v) is 2.71. The molecule has 1 aliphatic rings. The van der Waals surface area contributed by atoms with Crippen LogP contribution in [0.5, 0.6) is 0 Å². The molecule has 0 saturated heterocycles. The van der Waals surface area contributed by atoms with E-state index in [-0.39, 0.29) is 0 Å². The topological polar surface area (TPSA) is 27.1 Å². The molecule has 0 spiro atoms. The summed E-state index contributed by atoms with van der Waals surface area (Å²) in [6.07, 6.45) is 0. The highest BCUT2D eigenvalue weighted by Gasteiger charge is 2.25. The lowest BCUT2D eigenvalue weighted by Gasteiger charge is -2.18. The molecule has 2 aromatic carbocycles.